The number of carbonyl (C=O) groups excluding carboxylic acids is 1. The number of primary amides is 1. The molecule has 23 heavy (non-hydrogen) atoms. The topological polar surface area (TPSA) is 70.8 Å². The summed E-state index contributed by atoms with van der Waals surface area (Å²) < 4.78 is 17.0. The summed E-state index contributed by atoms with van der Waals surface area (Å²) in [4.78, 5) is 10.8. The maximum Gasteiger partial charge on any atom is 0.255 e. The number of hydrogen-bond acceptors (Lipinski definition) is 4. The van der Waals surface area contributed by atoms with Crippen LogP contribution >= 0.6 is 0 Å². The van der Waals surface area contributed by atoms with E-state index in [2.05, 4.69) is 0 Å². The Kier molecular flexibility index (Phi) is 4.66. The predicted molar refractivity (Wildman–Crippen MR) is 85.8 cm³/mol. The van der Waals surface area contributed by atoms with Crippen LogP contribution in [0.3, 0.4) is 0 Å². The zero-order valence-electron chi connectivity index (χ0n) is 12.7. The molecule has 5 heteroatoms. The third-order valence-corrected chi connectivity index (χ3v) is 3.60. The Hall–Kier alpha value is -2.69. The average molecular weight is 313 g/mol. The van der Waals surface area contributed by atoms with Gasteiger partial charge in [0, 0.05) is 0 Å². The van der Waals surface area contributed by atoms with Gasteiger partial charge in [-0.25, -0.2) is 0 Å². The molecule has 0 aliphatic carbocycles. The van der Waals surface area contributed by atoms with Crippen LogP contribution in [0.25, 0.3) is 0 Å². The van der Waals surface area contributed by atoms with E-state index in [4.69, 9.17) is 19.9 Å². The first kappa shape index (κ1) is 15.2. The summed E-state index contributed by atoms with van der Waals surface area (Å²) >= 11 is 0. The number of aryl methyl sites for hydroxylation is 1. The highest BCUT2D eigenvalue weighted by Crippen LogP contribution is 2.31. The molecule has 0 bridgehead atoms. The van der Waals surface area contributed by atoms with Gasteiger partial charge >= 0.3 is 0 Å². The lowest BCUT2D eigenvalue weighted by Gasteiger charge is -2.26. The zero-order valence-corrected chi connectivity index (χ0v) is 12.7. The van der Waals surface area contributed by atoms with Gasteiger partial charge in [-0.05, 0) is 42.7 Å². The van der Waals surface area contributed by atoms with Crippen molar-refractivity contribution in [2.45, 2.75) is 18.9 Å². The summed E-state index contributed by atoms with van der Waals surface area (Å²) in [5.74, 6) is 1.75. The number of ether oxygens (including phenoxy) is 3. The molecule has 1 amide bonds. The summed E-state index contributed by atoms with van der Waals surface area (Å²) in [5, 5.41) is 0. The third kappa shape index (κ3) is 4.16. The number of fused-ring (bicyclic) bond motifs is 1. The Balaban J connectivity index is 1.55. The van der Waals surface area contributed by atoms with E-state index >= 15 is 0 Å². The molecule has 2 N–H and O–H groups in total. The molecule has 2 aromatic carbocycles. The zero-order chi connectivity index (χ0) is 16.1. The Morgan fingerprint density at radius 1 is 1.17 bits per heavy atom. The van der Waals surface area contributed by atoms with Crippen LogP contribution in [0, 0.1) is 0 Å². The van der Waals surface area contributed by atoms with Crippen molar-refractivity contribution in [2.75, 3.05) is 13.2 Å². The van der Waals surface area contributed by atoms with Gasteiger partial charge in [0.25, 0.3) is 5.91 Å². The molecule has 1 heterocycles. The second-order valence-corrected chi connectivity index (χ2v) is 5.44. The van der Waals surface area contributed by atoms with E-state index in [1.165, 1.54) is 0 Å². The van der Waals surface area contributed by atoms with Crippen LogP contribution < -0.4 is 19.9 Å². The summed E-state index contributed by atoms with van der Waals surface area (Å²) in [5.41, 5.74) is 6.20. The van der Waals surface area contributed by atoms with Crippen LogP contribution in [-0.4, -0.2) is 25.2 Å². The van der Waals surface area contributed by atoms with Crippen molar-refractivity contribution in [3.63, 3.8) is 0 Å². The maximum absolute atomic E-state index is 10.8. The first-order valence-electron chi connectivity index (χ1n) is 7.59. The summed E-state index contributed by atoms with van der Waals surface area (Å²) in [7, 11) is 0. The van der Waals surface area contributed by atoms with Crippen molar-refractivity contribution in [2.24, 2.45) is 5.73 Å². The molecule has 0 spiro atoms. The first-order valence-corrected chi connectivity index (χ1v) is 7.59. The molecule has 1 aliphatic rings. The molecule has 0 saturated heterocycles. The lowest BCUT2D eigenvalue weighted by Crippen LogP contribution is -2.29. The highest BCUT2D eigenvalue weighted by Gasteiger charge is 2.20. The van der Waals surface area contributed by atoms with E-state index in [9.17, 15) is 4.79 Å². The molecule has 3 rings (SSSR count). The minimum absolute atomic E-state index is 0.0279. The Morgan fingerprint density at radius 2 is 2.00 bits per heavy atom. The number of nitrogens with two attached hydrogens (primary N) is 1. The SMILES string of the molecule is NC(=O)COc1cccc(CC[C@H]2COc3ccccc3O2)c1. The first-order chi connectivity index (χ1) is 11.2. The van der Waals surface area contributed by atoms with E-state index in [0.29, 0.717) is 12.4 Å². The fraction of sp³-hybridized carbons (Fsp3) is 0.278. The van der Waals surface area contributed by atoms with Gasteiger partial charge in [0.1, 0.15) is 18.5 Å². The molecule has 0 radical (unpaired) electrons. The quantitative estimate of drug-likeness (QED) is 0.888. The molecule has 2 aromatic rings. The van der Waals surface area contributed by atoms with Gasteiger partial charge < -0.3 is 19.9 Å². The standard InChI is InChI=1S/C18H19NO4/c19-18(20)12-21-14-5-3-4-13(10-14)8-9-15-11-22-16-6-1-2-7-17(16)23-15/h1-7,10,15H,8-9,11-12H2,(H2,19,20)/t15-/m0/s1. The molecule has 1 atom stereocenters. The Bertz CT molecular complexity index is 686. The van der Waals surface area contributed by atoms with Crippen molar-refractivity contribution < 1.29 is 19.0 Å². The molecule has 0 fully saturated rings. The van der Waals surface area contributed by atoms with E-state index in [0.717, 1.165) is 29.9 Å². The second kappa shape index (κ2) is 7.05. The minimum Gasteiger partial charge on any atom is -0.486 e. The van der Waals surface area contributed by atoms with Crippen LogP contribution in [0.4, 0.5) is 0 Å². The van der Waals surface area contributed by atoms with E-state index < -0.39 is 5.91 Å². The van der Waals surface area contributed by atoms with Crippen LogP contribution in [0.5, 0.6) is 17.2 Å². The highest BCUT2D eigenvalue weighted by molar-refractivity contribution is 5.75. The van der Waals surface area contributed by atoms with E-state index in [1.807, 2.05) is 48.5 Å². The molecule has 0 saturated carbocycles. The molecular formula is C18H19NO4. The van der Waals surface area contributed by atoms with Gasteiger partial charge in [-0.3, -0.25) is 4.79 Å². The van der Waals surface area contributed by atoms with Gasteiger partial charge in [-0.1, -0.05) is 24.3 Å². The number of benzene rings is 2. The number of carbonyl (C=O) groups is 1. The van der Waals surface area contributed by atoms with Crippen LogP contribution in [-0.2, 0) is 11.2 Å². The monoisotopic (exact) mass is 313 g/mol. The summed E-state index contributed by atoms with van der Waals surface area (Å²) in [6.45, 7) is 0.439. The molecule has 0 unspecified atom stereocenters. The van der Waals surface area contributed by atoms with Crippen molar-refractivity contribution in [3.8, 4) is 17.2 Å². The average Bonchev–Trinajstić information content (AvgIpc) is 2.58. The summed E-state index contributed by atoms with van der Waals surface area (Å²) in [6, 6.07) is 15.3. The smallest absolute Gasteiger partial charge is 0.255 e. The van der Waals surface area contributed by atoms with Gasteiger partial charge in [0.2, 0.25) is 0 Å². The number of rotatable bonds is 6. The Morgan fingerprint density at radius 3 is 2.83 bits per heavy atom. The largest absolute Gasteiger partial charge is 0.486 e. The lowest BCUT2D eigenvalue weighted by atomic mass is 10.1. The van der Waals surface area contributed by atoms with Crippen LogP contribution in [0.15, 0.2) is 48.5 Å². The number of hydrogen-bond donors (Lipinski definition) is 1. The minimum atomic E-state index is -0.484. The number of para-hydroxylation sites is 2. The van der Waals surface area contributed by atoms with Gasteiger partial charge in [-0.15, -0.1) is 0 Å². The van der Waals surface area contributed by atoms with Gasteiger partial charge in [0.15, 0.2) is 18.1 Å². The molecule has 5 nitrogen and oxygen atoms in total. The van der Waals surface area contributed by atoms with Crippen LogP contribution in [0.2, 0.25) is 0 Å². The fourth-order valence-electron chi connectivity index (χ4n) is 2.48. The van der Waals surface area contributed by atoms with Crippen molar-refractivity contribution >= 4 is 5.91 Å². The lowest BCUT2D eigenvalue weighted by molar-refractivity contribution is -0.119. The molecule has 120 valence electrons. The van der Waals surface area contributed by atoms with Crippen molar-refractivity contribution in [3.05, 3.63) is 54.1 Å². The van der Waals surface area contributed by atoms with Gasteiger partial charge in [-0.2, -0.15) is 0 Å². The fourth-order valence-corrected chi connectivity index (χ4v) is 2.48. The van der Waals surface area contributed by atoms with Gasteiger partial charge in [0.05, 0.1) is 0 Å². The third-order valence-electron chi connectivity index (χ3n) is 3.60. The Labute approximate surface area is 135 Å². The molecule has 1 aliphatic heterocycles. The summed E-state index contributed by atoms with van der Waals surface area (Å²) in [6.07, 6.45) is 1.71. The maximum atomic E-state index is 10.8. The van der Waals surface area contributed by atoms with Crippen molar-refractivity contribution in [1.82, 2.24) is 0 Å². The van der Waals surface area contributed by atoms with Crippen LogP contribution in [0.1, 0.15) is 12.0 Å². The predicted octanol–water partition coefficient (Wildman–Crippen LogP) is 2.32. The normalized spacial score (nSPS) is 15.9. The van der Waals surface area contributed by atoms with Crippen molar-refractivity contribution in [1.29, 1.82) is 0 Å². The molecule has 0 aromatic heterocycles. The second-order valence-electron chi connectivity index (χ2n) is 5.44. The highest BCUT2D eigenvalue weighted by atomic mass is 16.6. The molecular weight excluding hydrogens is 294 g/mol. The van der Waals surface area contributed by atoms with E-state index in [1.54, 1.807) is 0 Å². The number of amides is 1. The van der Waals surface area contributed by atoms with E-state index in [-0.39, 0.29) is 12.7 Å².